The van der Waals surface area contributed by atoms with E-state index in [0.717, 1.165) is 17.7 Å². The fourth-order valence-electron chi connectivity index (χ4n) is 2.99. The van der Waals surface area contributed by atoms with E-state index in [4.69, 9.17) is 4.74 Å². The molecule has 0 saturated heterocycles. The molecule has 0 fully saturated rings. The Morgan fingerprint density at radius 2 is 2.11 bits per heavy atom. The van der Waals surface area contributed by atoms with Crippen LogP contribution in [0.2, 0.25) is 0 Å². The van der Waals surface area contributed by atoms with E-state index < -0.39 is 5.97 Å². The van der Waals surface area contributed by atoms with E-state index in [1.165, 1.54) is 5.57 Å². The van der Waals surface area contributed by atoms with Gasteiger partial charge in [0.25, 0.3) is 0 Å². The number of allylic oxidation sites excluding steroid dienone is 2. The zero-order valence-corrected chi connectivity index (χ0v) is 11.6. The zero-order chi connectivity index (χ0) is 14.0. The highest BCUT2D eigenvalue weighted by atomic mass is 16.5. The summed E-state index contributed by atoms with van der Waals surface area (Å²) in [5.41, 5.74) is 2.35. The first-order chi connectivity index (χ1) is 9.02. The van der Waals surface area contributed by atoms with Gasteiger partial charge < -0.3 is 9.84 Å². The minimum Gasteiger partial charge on any atom is -0.497 e. The van der Waals surface area contributed by atoms with Crippen molar-refractivity contribution >= 4 is 11.5 Å². The first-order valence-electron chi connectivity index (χ1n) is 6.61. The summed E-state index contributed by atoms with van der Waals surface area (Å²) < 4.78 is 5.24. The van der Waals surface area contributed by atoms with Crippen molar-refractivity contribution in [2.75, 3.05) is 7.11 Å². The lowest BCUT2D eigenvalue weighted by atomic mass is 9.73. The van der Waals surface area contributed by atoms with E-state index in [2.05, 4.69) is 12.1 Å². The van der Waals surface area contributed by atoms with Crippen LogP contribution in [0.1, 0.15) is 25.8 Å². The molecule has 0 aliphatic heterocycles. The van der Waals surface area contributed by atoms with Crippen molar-refractivity contribution in [3.63, 3.8) is 0 Å². The summed E-state index contributed by atoms with van der Waals surface area (Å²) in [6, 6.07) is 7.94. The Kier molecular flexibility index (Phi) is 3.93. The van der Waals surface area contributed by atoms with Crippen molar-refractivity contribution in [2.45, 2.75) is 20.3 Å². The highest BCUT2D eigenvalue weighted by Gasteiger charge is 2.33. The summed E-state index contributed by atoms with van der Waals surface area (Å²) in [7, 11) is 1.65. The van der Waals surface area contributed by atoms with Gasteiger partial charge in [0.1, 0.15) is 5.75 Å². The Labute approximate surface area is 113 Å². The standard InChI is InChI=1S/C16H20O3/c1-10-7-13(8-11(2)15(10)16(17)18)12-5-4-6-14(9-12)19-3/h4-7,9-11,15H,8H2,1-3H3,(H,17,18)/t10-,11+,15+/m0/s1. The van der Waals surface area contributed by atoms with Gasteiger partial charge in [0, 0.05) is 0 Å². The Morgan fingerprint density at radius 1 is 1.37 bits per heavy atom. The number of carboxylic acid groups (broad SMARTS) is 1. The number of rotatable bonds is 3. The molecule has 19 heavy (non-hydrogen) atoms. The molecule has 1 aromatic rings. The van der Waals surface area contributed by atoms with Crippen LogP contribution in [0.5, 0.6) is 5.75 Å². The van der Waals surface area contributed by atoms with Gasteiger partial charge in [0.15, 0.2) is 0 Å². The molecule has 1 aliphatic carbocycles. The molecule has 0 heterocycles. The quantitative estimate of drug-likeness (QED) is 0.905. The molecule has 3 nitrogen and oxygen atoms in total. The second-order valence-electron chi connectivity index (χ2n) is 5.33. The number of hydrogen-bond acceptors (Lipinski definition) is 2. The number of aliphatic carboxylic acids is 1. The van der Waals surface area contributed by atoms with Crippen LogP contribution < -0.4 is 4.74 Å². The summed E-state index contributed by atoms with van der Waals surface area (Å²) in [5, 5.41) is 9.27. The fourth-order valence-corrected chi connectivity index (χ4v) is 2.99. The van der Waals surface area contributed by atoms with Gasteiger partial charge in [-0.15, -0.1) is 0 Å². The average Bonchev–Trinajstić information content (AvgIpc) is 2.37. The Hall–Kier alpha value is -1.77. The molecule has 102 valence electrons. The molecule has 0 saturated carbocycles. The van der Waals surface area contributed by atoms with Crippen LogP contribution in [0.4, 0.5) is 0 Å². The summed E-state index contributed by atoms with van der Waals surface area (Å²) in [6.07, 6.45) is 2.89. The Bertz CT molecular complexity index is 504. The van der Waals surface area contributed by atoms with Gasteiger partial charge >= 0.3 is 5.97 Å². The summed E-state index contributed by atoms with van der Waals surface area (Å²) >= 11 is 0. The lowest BCUT2D eigenvalue weighted by molar-refractivity contribution is -0.144. The highest BCUT2D eigenvalue weighted by molar-refractivity contribution is 5.75. The zero-order valence-electron chi connectivity index (χ0n) is 11.6. The van der Waals surface area contributed by atoms with Crippen LogP contribution in [0.25, 0.3) is 5.57 Å². The molecular weight excluding hydrogens is 240 g/mol. The lowest BCUT2D eigenvalue weighted by Gasteiger charge is -2.31. The third-order valence-corrected chi connectivity index (χ3v) is 3.91. The second kappa shape index (κ2) is 5.47. The minimum atomic E-state index is -0.694. The monoisotopic (exact) mass is 260 g/mol. The molecule has 0 amide bonds. The number of benzene rings is 1. The molecule has 3 heteroatoms. The van der Waals surface area contributed by atoms with Crippen molar-refractivity contribution < 1.29 is 14.6 Å². The van der Waals surface area contributed by atoms with Gasteiger partial charge in [0.05, 0.1) is 13.0 Å². The second-order valence-corrected chi connectivity index (χ2v) is 5.33. The maximum atomic E-state index is 11.3. The first kappa shape index (κ1) is 13.7. The summed E-state index contributed by atoms with van der Waals surface area (Å²) in [4.78, 5) is 11.3. The number of carboxylic acids is 1. The fraction of sp³-hybridized carbons (Fsp3) is 0.438. The molecule has 3 atom stereocenters. The van der Waals surface area contributed by atoms with E-state index >= 15 is 0 Å². The minimum absolute atomic E-state index is 0.0578. The predicted molar refractivity (Wildman–Crippen MR) is 75.0 cm³/mol. The lowest BCUT2D eigenvalue weighted by Crippen LogP contribution is -2.30. The van der Waals surface area contributed by atoms with Gasteiger partial charge in [-0.05, 0) is 41.5 Å². The van der Waals surface area contributed by atoms with Gasteiger partial charge in [-0.25, -0.2) is 0 Å². The van der Waals surface area contributed by atoms with Crippen LogP contribution in [-0.4, -0.2) is 18.2 Å². The smallest absolute Gasteiger partial charge is 0.307 e. The number of methoxy groups -OCH3 is 1. The number of hydrogen-bond donors (Lipinski definition) is 1. The first-order valence-corrected chi connectivity index (χ1v) is 6.61. The van der Waals surface area contributed by atoms with E-state index in [0.29, 0.717) is 0 Å². The van der Waals surface area contributed by atoms with Crippen LogP contribution in [0, 0.1) is 17.8 Å². The third kappa shape index (κ3) is 2.80. The molecular formula is C16H20O3. The SMILES string of the molecule is COc1cccc(C2=C[C@H](C)[C@@H](C(=O)O)[C@H](C)C2)c1. The van der Waals surface area contributed by atoms with Crippen molar-refractivity contribution in [3.8, 4) is 5.75 Å². The van der Waals surface area contributed by atoms with Crippen LogP contribution in [0.3, 0.4) is 0 Å². The van der Waals surface area contributed by atoms with Crippen LogP contribution in [0.15, 0.2) is 30.3 Å². The summed E-state index contributed by atoms with van der Waals surface area (Å²) in [5.74, 6) is 0.0653. The van der Waals surface area contributed by atoms with E-state index in [-0.39, 0.29) is 17.8 Å². The van der Waals surface area contributed by atoms with Crippen LogP contribution >= 0.6 is 0 Å². The van der Waals surface area contributed by atoms with E-state index in [1.807, 2.05) is 32.0 Å². The molecule has 0 unspecified atom stereocenters. The Morgan fingerprint density at radius 3 is 2.68 bits per heavy atom. The molecule has 2 rings (SSSR count). The molecule has 1 aromatic carbocycles. The normalized spacial score (nSPS) is 26.7. The number of ether oxygens (including phenoxy) is 1. The predicted octanol–water partition coefficient (Wildman–Crippen LogP) is 3.46. The van der Waals surface area contributed by atoms with Crippen LogP contribution in [-0.2, 0) is 4.79 Å². The highest BCUT2D eigenvalue weighted by Crippen LogP contribution is 2.38. The topological polar surface area (TPSA) is 46.5 Å². The molecule has 0 aromatic heterocycles. The van der Waals surface area contributed by atoms with Crippen molar-refractivity contribution in [1.29, 1.82) is 0 Å². The van der Waals surface area contributed by atoms with Crippen molar-refractivity contribution in [1.82, 2.24) is 0 Å². The molecule has 0 bridgehead atoms. The maximum Gasteiger partial charge on any atom is 0.307 e. The molecule has 0 spiro atoms. The largest absolute Gasteiger partial charge is 0.497 e. The van der Waals surface area contributed by atoms with Gasteiger partial charge in [-0.2, -0.15) is 0 Å². The van der Waals surface area contributed by atoms with Gasteiger partial charge in [0.2, 0.25) is 0 Å². The van der Waals surface area contributed by atoms with E-state index in [1.54, 1.807) is 7.11 Å². The van der Waals surface area contributed by atoms with E-state index in [9.17, 15) is 9.90 Å². The number of carbonyl (C=O) groups is 1. The third-order valence-electron chi connectivity index (χ3n) is 3.91. The van der Waals surface area contributed by atoms with Gasteiger partial charge in [-0.3, -0.25) is 4.79 Å². The van der Waals surface area contributed by atoms with Crippen molar-refractivity contribution in [3.05, 3.63) is 35.9 Å². The molecule has 0 radical (unpaired) electrons. The average molecular weight is 260 g/mol. The molecule has 1 aliphatic rings. The maximum absolute atomic E-state index is 11.3. The van der Waals surface area contributed by atoms with Crippen molar-refractivity contribution in [2.24, 2.45) is 17.8 Å². The molecule has 1 N–H and O–H groups in total. The van der Waals surface area contributed by atoms with Gasteiger partial charge in [-0.1, -0.05) is 32.1 Å². The summed E-state index contributed by atoms with van der Waals surface area (Å²) in [6.45, 7) is 4.00. The Balaban J connectivity index is 2.31.